The van der Waals surface area contributed by atoms with Gasteiger partial charge < -0.3 is 9.47 Å². The standard InChI is InChI=1S/C16H15N3O6/c1-10-4-5-12(18(20)21)7-13(10)17-9-11-6-15(24-2)16(25-3)8-14(11)19(22)23/h4-9H,1-3H3. The minimum atomic E-state index is -0.566. The van der Waals surface area contributed by atoms with Gasteiger partial charge in [-0.15, -0.1) is 0 Å². The predicted molar refractivity (Wildman–Crippen MR) is 91.3 cm³/mol. The van der Waals surface area contributed by atoms with Gasteiger partial charge in [0.25, 0.3) is 11.4 Å². The first-order valence-corrected chi connectivity index (χ1v) is 7.07. The Labute approximate surface area is 142 Å². The van der Waals surface area contributed by atoms with Crippen LogP contribution in [0.1, 0.15) is 11.1 Å². The molecule has 9 heteroatoms. The third-order valence-electron chi connectivity index (χ3n) is 3.48. The molecule has 0 N–H and O–H groups in total. The fourth-order valence-corrected chi connectivity index (χ4v) is 2.14. The van der Waals surface area contributed by atoms with E-state index in [-0.39, 0.29) is 22.7 Å². The van der Waals surface area contributed by atoms with E-state index in [1.54, 1.807) is 13.0 Å². The molecule has 0 heterocycles. The lowest BCUT2D eigenvalue weighted by Crippen LogP contribution is -1.98. The SMILES string of the molecule is COc1cc(C=Nc2cc([N+](=O)[O-])ccc2C)c([N+](=O)[O-])cc1OC. The van der Waals surface area contributed by atoms with Crippen molar-refractivity contribution < 1.29 is 19.3 Å². The van der Waals surface area contributed by atoms with Gasteiger partial charge in [-0.2, -0.15) is 0 Å². The van der Waals surface area contributed by atoms with E-state index >= 15 is 0 Å². The summed E-state index contributed by atoms with van der Waals surface area (Å²) >= 11 is 0. The lowest BCUT2D eigenvalue weighted by atomic mass is 10.1. The Hall–Kier alpha value is -3.49. The van der Waals surface area contributed by atoms with Gasteiger partial charge in [-0.3, -0.25) is 25.2 Å². The fourth-order valence-electron chi connectivity index (χ4n) is 2.14. The summed E-state index contributed by atoms with van der Waals surface area (Å²) in [4.78, 5) is 25.2. The highest BCUT2D eigenvalue weighted by Crippen LogP contribution is 2.34. The summed E-state index contributed by atoms with van der Waals surface area (Å²) < 4.78 is 10.2. The number of aryl methyl sites for hydroxylation is 1. The molecule has 0 spiro atoms. The molecule has 0 saturated heterocycles. The third kappa shape index (κ3) is 3.89. The average molecular weight is 345 g/mol. The maximum atomic E-state index is 11.3. The number of non-ortho nitro benzene ring substituents is 1. The van der Waals surface area contributed by atoms with E-state index in [0.717, 1.165) is 0 Å². The Morgan fingerprint density at radius 2 is 1.64 bits per heavy atom. The number of benzene rings is 2. The summed E-state index contributed by atoms with van der Waals surface area (Å²) in [6.07, 6.45) is 1.27. The van der Waals surface area contributed by atoms with E-state index in [4.69, 9.17) is 9.47 Å². The summed E-state index contributed by atoms with van der Waals surface area (Å²) in [7, 11) is 2.79. The molecule has 0 aliphatic carbocycles. The van der Waals surface area contributed by atoms with Crippen molar-refractivity contribution in [3.63, 3.8) is 0 Å². The third-order valence-corrected chi connectivity index (χ3v) is 3.48. The Bertz CT molecular complexity index is 863. The lowest BCUT2D eigenvalue weighted by Gasteiger charge is -2.08. The van der Waals surface area contributed by atoms with E-state index in [1.165, 1.54) is 44.7 Å². The molecular weight excluding hydrogens is 330 g/mol. The second-order valence-corrected chi connectivity index (χ2v) is 5.01. The van der Waals surface area contributed by atoms with Crippen molar-refractivity contribution in [1.82, 2.24) is 0 Å². The highest BCUT2D eigenvalue weighted by Gasteiger charge is 2.18. The molecule has 0 saturated carbocycles. The van der Waals surface area contributed by atoms with Gasteiger partial charge in [0, 0.05) is 18.3 Å². The monoisotopic (exact) mass is 345 g/mol. The van der Waals surface area contributed by atoms with E-state index in [9.17, 15) is 20.2 Å². The molecule has 9 nitrogen and oxygen atoms in total. The topological polar surface area (TPSA) is 117 Å². The largest absolute Gasteiger partial charge is 0.493 e. The Morgan fingerprint density at radius 3 is 2.20 bits per heavy atom. The Balaban J connectivity index is 2.52. The van der Waals surface area contributed by atoms with Gasteiger partial charge in [0.2, 0.25) is 0 Å². The fraction of sp³-hybridized carbons (Fsp3) is 0.188. The number of nitro groups is 2. The average Bonchev–Trinajstić information content (AvgIpc) is 2.59. The van der Waals surface area contributed by atoms with Crippen LogP contribution in [0.25, 0.3) is 0 Å². The molecule has 2 aromatic carbocycles. The molecule has 2 rings (SSSR count). The van der Waals surface area contributed by atoms with Crippen LogP contribution in [-0.2, 0) is 0 Å². The van der Waals surface area contributed by atoms with Gasteiger partial charge in [-0.05, 0) is 18.6 Å². The molecule has 0 atom stereocenters. The molecule has 0 fully saturated rings. The molecule has 25 heavy (non-hydrogen) atoms. The van der Waals surface area contributed by atoms with Crippen LogP contribution < -0.4 is 9.47 Å². The molecule has 2 aromatic rings. The summed E-state index contributed by atoms with van der Waals surface area (Å²) in [6, 6.07) is 6.90. The smallest absolute Gasteiger partial charge is 0.282 e. The number of methoxy groups -OCH3 is 2. The van der Waals surface area contributed by atoms with Crippen LogP contribution in [0.15, 0.2) is 35.3 Å². The number of hydrogen-bond donors (Lipinski definition) is 0. The van der Waals surface area contributed by atoms with E-state index < -0.39 is 9.85 Å². The summed E-state index contributed by atoms with van der Waals surface area (Å²) in [5, 5.41) is 22.1. The molecule has 0 amide bonds. The van der Waals surface area contributed by atoms with Gasteiger partial charge in [0.1, 0.15) is 0 Å². The minimum Gasteiger partial charge on any atom is -0.493 e. The quantitative estimate of drug-likeness (QED) is 0.448. The summed E-state index contributed by atoms with van der Waals surface area (Å²) in [6.45, 7) is 1.74. The lowest BCUT2D eigenvalue weighted by molar-refractivity contribution is -0.385. The molecule has 0 aromatic heterocycles. The zero-order valence-corrected chi connectivity index (χ0v) is 13.8. The van der Waals surface area contributed by atoms with Crippen molar-refractivity contribution in [2.24, 2.45) is 4.99 Å². The molecule has 0 unspecified atom stereocenters. The zero-order chi connectivity index (χ0) is 18.6. The molecular formula is C16H15N3O6. The Kier molecular flexibility index (Phi) is 5.28. The van der Waals surface area contributed by atoms with Gasteiger partial charge in [0.15, 0.2) is 11.5 Å². The first-order chi connectivity index (χ1) is 11.9. The van der Waals surface area contributed by atoms with Crippen LogP contribution in [0.5, 0.6) is 11.5 Å². The van der Waals surface area contributed by atoms with Crippen LogP contribution >= 0.6 is 0 Å². The first kappa shape index (κ1) is 17.9. The number of hydrogen-bond acceptors (Lipinski definition) is 7. The van der Waals surface area contributed by atoms with Crippen molar-refractivity contribution in [3.8, 4) is 11.5 Å². The highest BCUT2D eigenvalue weighted by molar-refractivity contribution is 5.89. The van der Waals surface area contributed by atoms with Crippen LogP contribution in [0.2, 0.25) is 0 Å². The van der Waals surface area contributed by atoms with Crippen LogP contribution in [0, 0.1) is 27.2 Å². The van der Waals surface area contributed by atoms with Gasteiger partial charge in [-0.25, -0.2) is 0 Å². The zero-order valence-electron chi connectivity index (χ0n) is 13.8. The van der Waals surface area contributed by atoms with Crippen molar-refractivity contribution in [2.45, 2.75) is 6.92 Å². The summed E-state index contributed by atoms with van der Waals surface area (Å²) in [5.74, 6) is 0.531. The predicted octanol–water partition coefficient (Wildman–Crippen LogP) is 3.58. The van der Waals surface area contributed by atoms with Crippen molar-refractivity contribution in [3.05, 3.63) is 61.7 Å². The highest BCUT2D eigenvalue weighted by atomic mass is 16.6. The molecule has 0 radical (unpaired) electrons. The molecule has 0 bridgehead atoms. The van der Waals surface area contributed by atoms with E-state index in [2.05, 4.69) is 4.99 Å². The molecule has 0 aliphatic heterocycles. The minimum absolute atomic E-state index is 0.112. The van der Waals surface area contributed by atoms with E-state index in [1.807, 2.05) is 0 Å². The second-order valence-electron chi connectivity index (χ2n) is 5.01. The number of nitrogens with zero attached hydrogens (tertiary/aromatic N) is 3. The van der Waals surface area contributed by atoms with Crippen LogP contribution in [0.4, 0.5) is 17.1 Å². The van der Waals surface area contributed by atoms with Crippen molar-refractivity contribution in [1.29, 1.82) is 0 Å². The second kappa shape index (κ2) is 7.39. The Morgan fingerprint density at radius 1 is 1.00 bits per heavy atom. The number of aliphatic imine (C=N–C) groups is 1. The maximum Gasteiger partial charge on any atom is 0.282 e. The van der Waals surface area contributed by atoms with E-state index in [0.29, 0.717) is 17.0 Å². The van der Waals surface area contributed by atoms with Gasteiger partial charge in [0.05, 0.1) is 41.4 Å². The number of rotatable bonds is 6. The number of ether oxygens (including phenoxy) is 2. The molecule has 130 valence electrons. The van der Waals surface area contributed by atoms with Crippen molar-refractivity contribution in [2.75, 3.05) is 14.2 Å². The van der Waals surface area contributed by atoms with Crippen LogP contribution in [-0.4, -0.2) is 30.3 Å². The number of nitro benzene ring substituents is 2. The van der Waals surface area contributed by atoms with Crippen LogP contribution in [0.3, 0.4) is 0 Å². The molecule has 0 aliphatic rings. The maximum absolute atomic E-state index is 11.3. The van der Waals surface area contributed by atoms with Gasteiger partial charge >= 0.3 is 0 Å². The van der Waals surface area contributed by atoms with Crippen molar-refractivity contribution >= 4 is 23.3 Å². The summed E-state index contributed by atoms with van der Waals surface area (Å²) in [5.41, 5.74) is 0.904. The van der Waals surface area contributed by atoms with Gasteiger partial charge in [-0.1, -0.05) is 6.07 Å². The normalized spacial score (nSPS) is 10.7. The first-order valence-electron chi connectivity index (χ1n) is 7.07.